The molecular formula is C30H37N5O2. The third-order valence-electron chi connectivity index (χ3n) is 7.35. The SMILES string of the molecule is CCC[C@@H](NC(=O)c1ccccc1N)c1cc(C(=O)N(C)C2CCN(c3ccncc3)CC2)ccc1C. The largest absolute Gasteiger partial charge is 0.398 e. The lowest BCUT2D eigenvalue weighted by Gasteiger charge is -2.38. The average molecular weight is 500 g/mol. The molecule has 0 radical (unpaired) electrons. The summed E-state index contributed by atoms with van der Waals surface area (Å²) in [5.74, 6) is -0.191. The summed E-state index contributed by atoms with van der Waals surface area (Å²) >= 11 is 0. The quantitative estimate of drug-likeness (QED) is 0.426. The van der Waals surface area contributed by atoms with Crippen LogP contribution in [0.25, 0.3) is 0 Å². The molecule has 3 aromatic rings. The molecule has 4 rings (SSSR count). The molecule has 194 valence electrons. The molecule has 37 heavy (non-hydrogen) atoms. The predicted molar refractivity (Wildman–Crippen MR) is 149 cm³/mol. The number of hydrogen-bond donors (Lipinski definition) is 2. The van der Waals surface area contributed by atoms with E-state index < -0.39 is 0 Å². The zero-order valence-electron chi connectivity index (χ0n) is 22.0. The van der Waals surface area contributed by atoms with Crippen molar-refractivity contribution in [1.82, 2.24) is 15.2 Å². The number of rotatable bonds is 8. The molecule has 2 amide bonds. The first-order valence-corrected chi connectivity index (χ1v) is 13.1. The molecule has 7 nitrogen and oxygen atoms in total. The Morgan fingerprint density at radius 1 is 1.11 bits per heavy atom. The van der Waals surface area contributed by atoms with Gasteiger partial charge in [0.15, 0.2) is 0 Å². The van der Waals surface area contributed by atoms with Gasteiger partial charge in [-0.25, -0.2) is 0 Å². The number of amides is 2. The lowest BCUT2D eigenvalue weighted by Crippen LogP contribution is -2.45. The number of nitrogen functional groups attached to an aromatic ring is 1. The van der Waals surface area contributed by atoms with Crippen molar-refractivity contribution in [2.24, 2.45) is 0 Å². The number of aromatic nitrogens is 1. The van der Waals surface area contributed by atoms with Crippen molar-refractivity contribution in [1.29, 1.82) is 0 Å². The van der Waals surface area contributed by atoms with Crippen LogP contribution in [0, 0.1) is 6.92 Å². The van der Waals surface area contributed by atoms with E-state index in [9.17, 15) is 9.59 Å². The number of nitrogens with two attached hydrogens (primary N) is 1. The monoisotopic (exact) mass is 499 g/mol. The van der Waals surface area contributed by atoms with E-state index >= 15 is 0 Å². The normalized spacial score (nSPS) is 14.7. The van der Waals surface area contributed by atoms with Crippen molar-refractivity contribution >= 4 is 23.2 Å². The Morgan fingerprint density at radius 3 is 2.49 bits per heavy atom. The average Bonchev–Trinajstić information content (AvgIpc) is 2.93. The van der Waals surface area contributed by atoms with E-state index in [0.717, 1.165) is 49.9 Å². The third kappa shape index (κ3) is 6.10. The number of pyridine rings is 1. The van der Waals surface area contributed by atoms with E-state index in [2.05, 4.69) is 22.1 Å². The van der Waals surface area contributed by atoms with E-state index in [1.54, 1.807) is 12.1 Å². The van der Waals surface area contributed by atoms with Crippen molar-refractivity contribution in [3.05, 3.63) is 89.2 Å². The van der Waals surface area contributed by atoms with E-state index in [1.807, 2.05) is 73.7 Å². The number of hydrogen-bond acceptors (Lipinski definition) is 5. The van der Waals surface area contributed by atoms with Crippen LogP contribution in [0.15, 0.2) is 67.0 Å². The van der Waals surface area contributed by atoms with Gasteiger partial charge in [-0.05, 0) is 73.7 Å². The van der Waals surface area contributed by atoms with Crippen molar-refractivity contribution in [2.45, 2.75) is 51.6 Å². The molecule has 1 aliphatic rings. The van der Waals surface area contributed by atoms with Crippen molar-refractivity contribution in [3.8, 4) is 0 Å². The minimum atomic E-state index is -0.209. The lowest BCUT2D eigenvalue weighted by atomic mass is 9.94. The van der Waals surface area contributed by atoms with Crippen LogP contribution >= 0.6 is 0 Å². The summed E-state index contributed by atoms with van der Waals surface area (Å²) in [6, 6.07) is 16.9. The Morgan fingerprint density at radius 2 is 1.81 bits per heavy atom. The molecule has 1 atom stereocenters. The minimum absolute atomic E-state index is 0.0116. The smallest absolute Gasteiger partial charge is 0.253 e. The van der Waals surface area contributed by atoms with Gasteiger partial charge in [0, 0.05) is 55.5 Å². The summed E-state index contributed by atoms with van der Waals surface area (Å²) in [7, 11) is 1.90. The van der Waals surface area contributed by atoms with Gasteiger partial charge >= 0.3 is 0 Å². The Kier molecular flexibility index (Phi) is 8.43. The molecule has 1 aromatic heterocycles. The fourth-order valence-electron chi connectivity index (χ4n) is 5.12. The van der Waals surface area contributed by atoms with E-state index in [-0.39, 0.29) is 23.9 Å². The number of anilines is 2. The van der Waals surface area contributed by atoms with Crippen LogP contribution in [0.4, 0.5) is 11.4 Å². The second kappa shape index (κ2) is 11.9. The molecule has 0 bridgehead atoms. The van der Waals surface area contributed by atoms with Crippen LogP contribution < -0.4 is 16.0 Å². The fourth-order valence-corrected chi connectivity index (χ4v) is 5.12. The highest BCUT2D eigenvalue weighted by Crippen LogP contribution is 2.27. The highest BCUT2D eigenvalue weighted by atomic mass is 16.2. The minimum Gasteiger partial charge on any atom is -0.398 e. The number of carbonyl (C=O) groups is 2. The summed E-state index contributed by atoms with van der Waals surface area (Å²) in [6.45, 7) is 5.91. The molecule has 7 heteroatoms. The molecule has 0 saturated carbocycles. The molecule has 3 N–H and O–H groups in total. The topological polar surface area (TPSA) is 91.6 Å². The number of carbonyl (C=O) groups excluding carboxylic acids is 2. The van der Waals surface area contributed by atoms with Gasteiger partial charge in [-0.1, -0.05) is 31.5 Å². The number of benzene rings is 2. The molecular weight excluding hydrogens is 462 g/mol. The summed E-state index contributed by atoms with van der Waals surface area (Å²) in [5.41, 5.74) is 10.8. The van der Waals surface area contributed by atoms with Crippen LogP contribution in [0.3, 0.4) is 0 Å². The Balaban J connectivity index is 1.47. The van der Waals surface area contributed by atoms with Gasteiger partial charge in [0.25, 0.3) is 11.8 Å². The number of nitrogens with zero attached hydrogens (tertiary/aromatic N) is 3. The van der Waals surface area contributed by atoms with Gasteiger partial charge in [0.2, 0.25) is 0 Å². The number of piperidine rings is 1. The first-order chi connectivity index (χ1) is 17.9. The summed E-state index contributed by atoms with van der Waals surface area (Å²) in [5, 5.41) is 3.16. The Bertz CT molecular complexity index is 1220. The summed E-state index contributed by atoms with van der Waals surface area (Å²) < 4.78 is 0. The van der Waals surface area contributed by atoms with Crippen LogP contribution in [0.2, 0.25) is 0 Å². The molecule has 0 spiro atoms. The molecule has 2 aromatic carbocycles. The standard InChI is InChI=1S/C30H37N5O2/c1-4-7-28(33-29(36)25-8-5-6-9-27(25)31)26-20-22(11-10-21(26)2)30(37)34(3)23-14-18-35(19-15-23)24-12-16-32-17-13-24/h5-6,8-13,16-17,20,23,28H,4,7,14-15,18-19,31H2,1-3H3,(H,33,36)/t28-/m1/s1. The molecule has 0 aliphatic carbocycles. The second-order valence-corrected chi connectivity index (χ2v) is 9.81. The zero-order chi connectivity index (χ0) is 26.4. The maximum absolute atomic E-state index is 13.5. The Labute approximate surface area is 219 Å². The highest BCUT2D eigenvalue weighted by molar-refractivity contribution is 5.99. The molecule has 1 aliphatic heterocycles. The molecule has 0 unspecified atom stereocenters. The summed E-state index contributed by atoms with van der Waals surface area (Å²) in [6.07, 6.45) is 7.11. The van der Waals surface area contributed by atoms with Crippen molar-refractivity contribution in [2.75, 3.05) is 30.8 Å². The van der Waals surface area contributed by atoms with Gasteiger partial charge in [0.1, 0.15) is 0 Å². The fraction of sp³-hybridized carbons (Fsp3) is 0.367. The number of aryl methyl sites for hydroxylation is 1. The maximum Gasteiger partial charge on any atom is 0.253 e. The van der Waals surface area contributed by atoms with Gasteiger partial charge < -0.3 is 20.9 Å². The first-order valence-electron chi connectivity index (χ1n) is 13.1. The van der Waals surface area contributed by atoms with Gasteiger partial charge in [0.05, 0.1) is 11.6 Å². The van der Waals surface area contributed by atoms with Crippen LogP contribution in [0.1, 0.15) is 70.5 Å². The predicted octanol–water partition coefficient (Wildman–Crippen LogP) is 4.98. The second-order valence-electron chi connectivity index (χ2n) is 9.81. The Hall–Kier alpha value is -3.87. The van der Waals surface area contributed by atoms with E-state index in [0.29, 0.717) is 16.8 Å². The zero-order valence-corrected chi connectivity index (χ0v) is 22.0. The number of para-hydroxylation sites is 1. The van der Waals surface area contributed by atoms with Crippen LogP contribution in [0.5, 0.6) is 0 Å². The van der Waals surface area contributed by atoms with Gasteiger partial charge in [-0.2, -0.15) is 0 Å². The van der Waals surface area contributed by atoms with Gasteiger partial charge in [-0.15, -0.1) is 0 Å². The molecule has 2 heterocycles. The molecule has 1 saturated heterocycles. The third-order valence-corrected chi connectivity index (χ3v) is 7.35. The van der Waals surface area contributed by atoms with Crippen molar-refractivity contribution < 1.29 is 9.59 Å². The first kappa shape index (κ1) is 26.2. The van der Waals surface area contributed by atoms with Crippen LogP contribution in [-0.2, 0) is 0 Å². The van der Waals surface area contributed by atoms with Gasteiger partial charge in [-0.3, -0.25) is 14.6 Å². The highest BCUT2D eigenvalue weighted by Gasteiger charge is 2.27. The van der Waals surface area contributed by atoms with E-state index in [4.69, 9.17) is 5.73 Å². The number of nitrogens with one attached hydrogen (secondary N) is 1. The molecule has 1 fully saturated rings. The van der Waals surface area contributed by atoms with Crippen LogP contribution in [-0.4, -0.2) is 47.9 Å². The lowest BCUT2D eigenvalue weighted by molar-refractivity contribution is 0.0709. The summed E-state index contributed by atoms with van der Waals surface area (Å²) in [4.78, 5) is 34.9. The maximum atomic E-state index is 13.5. The van der Waals surface area contributed by atoms with Crippen molar-refractivity contribution in [3.63, 3.8) is 0 Å². The van der Waals surface area contributed by atoms with E-state index in [1.165, 1.54) is 5.69 Å².